The second-order valence-electron chi connectivity index (χ2n) is 7.70. The Morgan fingerprint density at radius 2 is 1.51 bits per heavy atom. The number of carbonyl (C=O) groups excluding carboxylic acids is 6. The Kier molecular flexibility index (Phi) is 12.7. The van der Waals surface area contributed by atoms with Crippen LogP contribution in [-0.4, -0.2) is 96.5 Å². The molecule has 208 valence electrons. The molecular weight excluding hydrogens is 524 g/mol. The first kappa shape index (κ1) is 31.5. The van der Waals surface area contributed by atoms with Crippen molar-refractivity contribution in [1.82, 2.24) is 15.6 Å². The molecule has 1 rings (SSSR count). The Morgan fingerprint density at radius 1 is 0.946 bits per heavy atom. The largest absolute Gasteiger partial charge is 0.463 e. The van der Waals surface area contributed by atoms with Gasteiger partial charge in [-0.15, -0.1) is 16.5 Å². The maximum absolute atomic E-state index is 12.9. The maximum atomic E-state index is 12.9. The van der Waals surface area contributed by atoms with Gasteiger partial charge in [0.2, 0.25) is 12.2 Å². The lowest BCUT2D eigenvalue weighted by Crippen LogP contribution is -2.68. The van der Waals surface area contributed by atoms with Crippen LogP contribution in [0.4, 0.5) is 4.79 Å². The third-order valence-corrected chi connectivity index (χ3v) is 4.82. The standard InChI is InChI=1S/C20H29ClN4O12/c1-9(22-20(31)25(24-32)7-6-21)18(30)23-15-17(35-12(4)28)16(34-11(3)27)14(8-33-10(2)26)37-19(15)36-13(5)29/h9,14-17,19H,6-8H2,1-5H3,(H,22,31)(H,23,30). The molecule has 16 nitrogen and oxygen atoms in total. The highest BCUT2D eigenvalue weighted by Gasteiger charge is 2.52. The monoisotopic (exact) mass is 552 g/mol. The number of amides is 3. The SMILES string of the molecule is CC(=O)OCC1OC(OC(C)=O)C(NC(=O)C(C)NC(=O)N(CCCl)N=O)C(OC(C)=O)C1OC(C)=O. The van der Waals surface area contributed by atoms with Gasteiger partial charge in [-0.1, -0.05) is 0 Å². The van der Waals surface area contributed by atoms with E-state index < -0.39 is 79.1 Å². The Bertz CT molecular complexity index is 887. The molecule has 1 aliphatic heterocycles. The number of nitrogens with one attached hydrogen (secondary N) is 2. The third-order valence-electron chi connectivity index (χ3n) is 4.65. The summed E-state index contributed by atoms with van der Waals surface area (Å²) in [7, 11) is 0. The molecule has 0 aromatic carbocycles. The summed E-state index contributed by atoms with van der Waals surface area (Å²) in [4.78, 5) is 82.7. The van der Waals surface area contributed by atoms with Crippen LogP contribution in [0.1, 0.15) is 34.6 Å². The van der Waals surface area contributed by atoms with E-state index in [0.717, 1.165) is 27.7 Å². The number of nitroso groups, excluding NO2 is 1. The van der Waals surface area contributed by atoms with Gasteiger partial charge in [0.15, 0.2) is 12.2 Å². The van der Waals surface area contributed by atoms with Crippen LogP contribution in [-0.2, 0) is 47.7 Å². The van der Waals surface area contributed by atoms with E-state index in [9.17, 15) is 33.7 Å². The fourth-order valence-electron chi connectivity index (χ4n) is 3.19. The number of ether oxygens (including phenoxy) is 5. The smallest absolute Gasteiger partial charge is 0.341 e. The lowest BCUT2D eigenvalue weighted by atomic mass is 9.95. The molecule has 17 heteroatoms. The van der Waals surface area contributed by atoms with Gasteiger partial charge in [-0.3, -0.25) is 24.0 Å². The van der Waals surface area contributed by atoms with E-state index in [0.29, 0.717) is 5.01 Å². The van der Waals surface area contributed by atoms with E-state index in [1.54, 1.807) is 0 Å². The van der Waals surface area contributed by atoms with Crippen LogP contribution in [0.3, 0.4) is 0 Å². The molecule has 0 spiro atoms. The van der Waals surface area contributed by atoms with Crippen molar-refractivity contribution in [3.8, 4) is 0 Å². The van der Waals surface area contributed by atoms with E-state index in [1.807, 2.05) is 0 Å². The van der Waals surface area contributed by atoms with Gasteiger partial charge in [0.25, 0.3) is 0 Å². The zero-order valence-corrected chi connectivity index (χ0v) is 21.5. The van der Waals surface area contributed by atoms with Gasteiger partial charge in [0.1, 0.15) is 24.8 Å². The van der Waals surface area contributed by atoms with Crippen molar-refractivity contribution < 1.29 is 52.5 Å². The number of esters is 4. The number of halogens is 1. The van der Waals surface area contributed by atoms with Gasteiger partial charge in [-0.2, -0.15) is 5.01 Å². The molecule has 1 aliphatic rings. The van der Waals surface area contributed by atoms with Crippen molar-refractivity contribution in [3.63, 3.8) is 0 Å². The highest BCUT2D eigenvalue weighted by molar-refractivity contribution is 6.18. The first-order valence-electron chi connectivity index (χ1n) is 10.9. The van der Waals surface area contributed by atoms with Gasteiger partial charge in [0, 0.05) is 33.6 Å². The molecule has 0 aromatic rings. The van der Waals surface area contributed by atoms with Crippen LogP contribution in [0.2, 0.25) is 0 Å². The summed E-state index contributed by atoms with van der Waals surface area (Å²) in [5.41, 5.74) is 0. The fraction of sp³-hybridized carbons (Fsp3) is 0.700. The van der Waals surface area contributed by atoms with Gasteiger partial charge < -0.3 is 34.3 Å². The van der Waals surface area contributed by atoms with Crippen LogP contribution in [0.5, 0.6) is 0 Å². The third kappa shape index (κ3) is 10.2. The van der Waals surface area contributed by atoms with E-state index >= 15 is 0 Å². The number of urea groups is 1. The molecule has 6 atom stereocenters. The van der Waals surface area contributed by atoms with Gasteiger partial charge in [-0.05, 0) is 6.92 Å². The Balaban J connectivity index is 3.30. The van der Waals surface area contributed by atoms with E-state index in [1.165, 1.54) is 6.92 Å². The van der Waals surface area contributed by atoms with Crippen LogP contribution < -0.4 is 10.6 Å². The molecule has 1 heterocycles. The summed E-state index contributed by atoms with van der Waals surface area (Å²) >= 11 is 5.50. The molecule has 0 saturated carbocycles. The van der Waals surface area contributed by atoms with Crippen molar-refractivity contribution in [3.05, 3.63) is 4.91 Å². The first-order chi connectivity index (χ1) is 17.3. The zero-order chi connectivity index (χ0) is 28.3. The number of alkyl halides is 1. The topological polar surface area (TPSA) is 205 Å². The predicted octanol–water partition coefficient (Wildman–Crippen LogP) is -0.494. The number of hydrogen-bond acceptors (Lipinski definition) is 13. The molecule has 1 saturated heterocycles. The summed E-state index contributed by atoms with van der Waals surface area (Å²) in [6.07, 6.45) is -5.78. The summed E-state index contributed by atoms with van der Waals surface area (Å²) in [6.45, 7) is 4.82. The second-order valence-corrected chi connectivity index (χ2v) is 8.08. The van der Waals surface area contributed by atoms with Crippen LogP contribution in [0.15, 0.2) is 5.29 Å². The van der Waals surface area contributed by atoms with Crippen molar-refractivity contribution in [2.75, 3.05) is 19.0 Å². The zero-order valence-electron chi connectivity index (χ0n) is 20.8. The normalized spacial score (nSPS) is 23.5. The number of nitrogens with zero attached hydrogens (tertiary/aromatic N) is 2. The van der Waals surface area contributed by atoms with Crippen LogP contribution in [0.25, 0.3) is 0 Å². The molecule has 0 radical (unpaired) electrons. The quantitative estimate of drug-likeness (QED) is 0.109. The van der Waals surface area contributed by atoms with Crippen molar-refractivity contribution in [2.24, 2.45) is 5.29 Å². The Hall–Kier alpha value is -3.53. The van der Waals surface area contributed by atoms with E-state index in [4.69, 9.17) is 35.3 Å². The number of carbonyl (C=O) groups is 6. The Morgan fingerprint density at radius 3 is 2.00 bits per heavy atom. The molecule has 0 bridgehead atoms. The van der Waals surface area contributed by atoms with Gasteiger partial charge in [0.05, 0.1) is 11.8 Å². The van der Waals surface area contributed by atoms with Crippen molar-refractivity contribution >= 4 is 47.4 Å². The summed E-state index contributed by atoms with van der Waals surface area (Å²) in [5, 5.41) is 7.62. The van der Waals surface area contributed by atoms with Crippen molar-refractivity contribution in [2.45, 2.75) is 71.3 Å². The van der Waals surface area contributed by atoms with E-state index in [2.05, 4.69) is 15.9 Å². The summed E-state index contributed by atoms with van der Waals surface area (Å²) < 4.78 is 26.3. The minimum absolute atomic E-state index is 0.0979. The summed E-state index contributed by atoms with van der Waals surface area (Å²) in [5.74, 6) is -4.22. The summed E-state index contributed by atoms with van der Waals surface area (Å²) in [6, 6.07) is -3.78. The first-order valence-corrected chi connectivity index (χ1v) is 11.4. The minimum Gasteiger partial charge on any atom is -0.463 e. The minimum atomic E-state index is -1.61. The van der Waals surface area contributed by atoms with Gasteiger partial charge in [-0.25, -0.2) is 4.79 Å². The highest BCUT2D eigenvalue weighted by atomic mass is 35.5. The molecule has 3 amide bonds. The average Bonchev–Trinajstić information content (AvgIpc) is 2.78. The molecule has 0 aliphatic carbocycles. The molecule has 1 fully saturated rings. The molecular formula is C20H29ClN4O12. The van der Waals surface area contributed by atoms with Crippen LogP contribution >= 0.6 is 11.6 Å². The molecule has 2 N–H and O–H groups in total. The van der Waals surface area contributed by atoms with Crippen LogP contribution in [0, 0.1) is 4.91 Å². The lowest BCUT2D eigenvalue weighted by Gasteiger charge is -2.44. The highest BCUT2D eigenvalue weighted by Crippen LogP contribution is 2.28. The molecule has 0 aromatic heterocycles. The Labute approximate surface area is 216 Å². The molecule has 6 unspecified atom stereocenters. The number of hydrogen-bond donors (Lipinski definition) is 2. The number of rotatable bonds is 11. The predicted molar refractivity (Wildman–Crippen MR) is 121 cm³/mol. The maximum Gasteiger partial charge on any atom is 0.341 e. The fourth-order valence-corrected chi connectivity index (χ4v) is 3.35. The lowest BCUT2D eigenvalue weighted by molar-refractivity contribution is -0.271. The van der Waals surface area contributed by atoms with Gasteiger partial charge >= 0.3 is 29.9 Å². The van der Waals surface area contributed by atoms with Crippen molar-refractivity contribution in [1.29, 1.82) is 0 Å². The second kappa shape index (κ2) is 14.9. The average molecular weight is 553 g/mol. The molecule has 37 heavy (non-hydrogen) atoms. The van der Waals surface area contributed by atoms with E-state index in [-0.39, 0.29) is 12.4 Å².